The van der Waals surface area contributed by atoms with Crippen molar-refractivity contribution in [1.29, 1.82) is 0 Å². The van der Waals surface area contributed by atoms with Gasteiger partial charge in [0.05, 0.1) is 5.69 Å². The molecule has 0 aromatic carbocycles. The fraction of sp³-hybridized carbons (Fsp3) is 0.583. The highest BCUT2D eigenvalue weighted by molar-refractivity contribution is 5.24. The Morgan fingerprint density at radius 2 is 2.20 bits per heavy atom. The summed E-state index contributed by atoms with van der Waals surface area (Å²) in [5, 5.41) is 7.36. The van der Waals surface area contributed by atoms with Crippen molar-refractivity contribution >= 4 is 0 Å². The van der Waals surface area contributed by atoms with E-state index in [9.17, 15) is 0 Å². The summed E-state index contributed by atoms with van der Waals surface area (Å²) in [6.45, 7) is 13.0. The highest BCUT2D eigenvalue weighted by Gasteiger charge is 2.15. The van der Waals surface area contributed by atoms with Crippen LogP contribution in [-0.4, -0.2) is 11.7 Å². The van der Waals surface area contributed by atoms with Gasteiger partial charge in [-0.25, -0.2) is 0 Å². The molecular weight excluding hydrogens is 188 g/mol. The first-order chi connectivity index (χ1) is 7.06. The molecule has 3 nitrogen and oxygen atoms in total. The third-order valence-electron chi connectivity index (χ3n) is 2.68. The standard InChI is InChI=1S/C12H20N2O/c1-6-8(2)7-13-9(3)12-10(4)14-15-11(12)5/h9,13H,2,6-7H2,1,3-5H3. The minimum atomic E-state index is 0.263. The monoisotopic (exact) mass is 208 g/mol. The highest BCUT2D eigenvalue weighted by atomic mass is 16.5. The molecule has 1 unspecified atom stereocenters. The maximum atomic E-state index is 5.14. The second kappa shape index (κ2) is 5.12. The van der Waals surface area contributed by atoms with Crippen LogP contribution in [0.15, 0.2) is 16.7 Å². The molecule has 0 spiro atoms. The van der Waals surface area contributed by atoms with Gasteiger partial charge in [-0.2, -0.15) is 0 Å². The molecule has 0 aliphatic heterocycles. The maximum absolute atomic E-state index is 5.14. The Hall–Kier alpha value is -1.09. The van der Waals surface area contributed by atoms with Crippen LogP contribution in [0, 0.1) is 13.8 Å². The zero-order valence-corrected chi connectivity index (χ0v) is 10.1. The topological polar surface area (TPSA) is 38.1 Å². The number of hydrogen-bond acceptors (Lipinski definition) is 3. The summed E-state index contributed by atoms with van der Waals surface area (Å²) in [5.41, 5.74) is 3.35. The van der Waals surface area contributed by atoms with E-state index in [-0.39, 0.29) is 6.04 Å². The Morgan fingerprint density at radius 3 is 2.67 bits per heavy atom. The van der Waals surface area contributed by atoms with Gasteiger partial charge in [0.15, 0.2) is 0 Å². The van der Waals surface area contributed by atoms with Crippen LogP contribution in [-0.2, 0) is 0 Å². The van der Waals surface area contributed by atoms with Gasteiger partial charge in [0, 0.05) is 18.2 Å². The third-order valence-corrected chi connectivity index (χ3v) is 2.68. The molecule has 0 bridgehead atoms. The molecule has 0 amide bonds. The molecule has 1 atom stereocenters. The van der Waals surface area contributed by atoms with Gasteiger partial charge in [0.1, 0.15) is 5.76 Å². The Balaban J connectivity index is 2.61. The zero-order chi connectivity index (χ0) is 11.4. The number of nitrogens with zero attached hydrogens (tertiary/aromatic N) is 1. The second-order valence-electron chi connectivity index (χ2n) is 3.94. The first kappa shape index (κ1) is 12.0. The van der Waals surface area contributed by atoms with Crippen molar-refractivity contribution in [1.82, 2.24) is 10.5 Å². The van der Waals surface area contributed by atoms with Gasteiger partial charge in [0.25, 0.3) is 0 Å². The van der Waals surface area contributed by atoms with E-state index in [0.29, 0.717) is 0 Å². The Kier molecular flexibility index (Phi) is 4.09. The van der Waals surface area contributed by atoms with Crippen molar-refractivity contribution in [2.45, 2.75) is 40.2 Å². The largest absolute Gasteiger partial charge is 0.361 e. The van der Waals surface area contributed by atoms with E-state index < -0.39 is 0 Å². The molecule has 0 radical (unpaired) electrons. The summed E-state index contributed by atoms with van der Waals surface area (Å²) >= 11 is 0. The molecule has 1 heterocycles. The van der Waals surface area contributed by atoms with Gasteiger partial charge in [-0.05, 0) is 27.2 Å². The molecule has 1 N–H and O–H groups in total. The average Bonchev–Trinajstić information content (AvgIpc) is 2.54. The van der Waals surface area contributed by atoms with Gasteiger partial charge in [-0.3, -0.25) is 0 Å². The molecule has 1 rings (SSSR count). The summed E-state index contributed by atoms with van der Waals surface area (Å²) in [4.78, 5) is 0. The molecule has 1 aromatic heterocycles. The van der Waals surface area contributed by atoms with E-state index in [1.54, 1.807) is 0 Å². The summed E-state index contributed by atoms with van der Waals surface area (Å²) in [6.07, 6.45) is 1.02. The lowest BCUT2D eigenvalue weighted by molar-refractivity contribution is 0.390. The summed E-state index contributed by atoms with van der Waals surface area (Å²) in [7, 11) is 0. The maximum Gasteiger partial charge on any atom is 0.138 e. The molecule has 0 aliphatic rings. The first-order valence-electron chi connectivity index (χ1n) is 5.39. The average molecular weight is 208 g/mol. The van der Waals surface area contributed by atoms with Crippen molar-refractivity contribution in [3.05, 3.63) is 29.2 Å². The number of hydrogen-bond donors (Lipinski definition) is 1. The lowest BCUT2D eigenvalue weighted by Crippen LogP contribution is -2.21. The van der Waals surface area contributed by atoms with Crippen LogP contribution in [0.3, 0.4) is 0 Å². The normalized spacial score (nSPS) is 12.8. The Morgan fingerprint density at radius 1 is 1.53 bits per heavy atom. The fourth-order valence-corrected chi connectivity index (χ4v) is 1.63. The molecular formula is C12H20N2O. The lowest BCUT2D eigenvalue weighted by atomic mass is 10.1. The smallest absolute Gasteiger partial charge is 0.138 e. The third kappa shape index (κ3) is 2.93. The second-order valence-corrected chi connectivity index (χ2v) is 3.94. The van der Waals surface area contributed by atoms with E-state index in [0.717, 1.165) is 24.4 Å². The van der Waals surface area contributed by atoms with Gasteiger partial charge in [0.2, 0.25) is 0 Å². The Labute approximate surface area is 91.5 Å². The van der Waals surface area contributed by atoms with Crippen LogP contribution < -0.4 is 5.32 Å². The van der Waals surface area contributed by atoms with Crippen molar-refractivity contribution in [3.8, 4) is 0 Å². The number of aryl methyl sites for hydroxylation is 2. The van der Waals surface area contributed by atoms with E-state index in [1.165, 1.54) is 11.1 Å². The first-order valence-corrected chi connectivity index (χ1v) is 5.39. The van der Waals surface area contributed by atoms with E-state index in [2.05, 4.69) is 30.9 Å². The van der Waals surface area contributed by atoms with E-state index >= 15 is 0 Å². The predicted octanol–water partition coefficient (Wildman–Crippen LogP) is 2.91. The minimum absolute atomic E-state index is 0.263. The molecule has 3 heteroatoms. The van der Waals surface area contributed by atoms with E-state index in [4.69, 9.17) is 4.52 Å². The van der Waals surface area contributed by atoms with Crippen molar-refractivity contribution in [3.63, 3.8) is 0 Å². The fourth-order valence-electron chi connectivity index (χ4n) is 1.63. The summed E-state index contributed by atoms with van der Waals surface area (Å²) in [5.74, 6) is 0.898. The lowest BCUT2D eigenvalue weighted by Gasteiger charge is -2.14. The van der Waals surface area contributed by atoms with Crippen molar-refractivity contribution in [2.75, 3.05) is 6.54 Å². The number of rotatable bonds is 5. The van der Waals surface area contributed by atoms with Crippen molar-refractivity contribution in [2.24, 2.45) is 0 Å². The minimum Gasteiger partial charge on any atom is -0.361 e. The number of aromatic nitrogens is 1. The molecule has 0 fully saturated rings. The number of nitrogens with one attached hydrogen (secondary N) is 1. The summed E-state index contributed by atoms with van der Waals surface area (Å²) in [6, 6.07) is 0.263. The molecule has 0 saturated carbocycles. The van der Waals surface area contributed by atoms with Crippen molar-refractivity contribution < 1.29 is 4.52 Å². The van der Waals surface area contributed by atoms with Gasteiger partial charge in [-0.1, -0.05) is 24.2 Å². The molecule has 84 valence electrons. The van der Waals surface area contributed by atoms with Crippen LogP contribution in [0.2, 0.25) is 0 Å². The van der Waals surface area contributed by atoms with Gasteiger partial charge >= 0.3 is 0 Å². The van der Waals surface area contributed by atoms with Crippen LogP contribution in [0.1, 0.15) is 43.3 Å². The summed E-state index contributed by atoms with van der Waals surface area (Å²) < 4.78 is 5.14. The zero-order valence-electron chi connectivity index (χ0n) is 10.1. The molecule has 1 aromatic rings. The van der Waals surface area contributed by atoms with Gasteiger partial charge in [-0.15, -0.1) is 0 Å². The molecule has 15 heavy (non-hydrogen) atoms. The highest BCUT2D eigenvalue weighted by Crippen LogP contribution is 2.20. The predicted molar refractivity (Wildman–Crippen MR) is 61.8 cm³/mol. The molecule has 0 aliphatic carbocycles. The van der Waals surface area contributed by atoms with Crippen LogP contribution in [0.4, 0.5) is 0 Å². The Bertz CT molecular complexity index is 322. The van der Waals surface area contributed by atoms with Crippen LogP contribution in [0.5, 0.6) is 0 Å². The van der Waals surface area contributed by atoms with Gasteiger partial charge < -0.3 is 9.84 Å². The van der Waals surface area contributed by atoms with E-state index in [1.807, 2.05) is 13.8 Å². The molecule has 0 saturated heterocycles. The quantitative estimate of drug-likeness (QED) is 0.756. The van der Waals surface area contributed by atoms with Crippen LogP contribution in [0.25, 0.3) is 0 Å². The van der Waals surface area contributed by atoms with Crippen LogP contribution >= 0.6 is 0 Å². The SMILES string of the molecule is C=C(CC)CNC(C)c1c(C)noc1C.